The third-order valence-electron chi connectivity index (χ3n) is 2.89. The van der Waals surface area contributed by atoms with Crippen LogP contribution >= 0.6 is 22.6 Å². The van der Waals surface area contributed by atoms with Gasteiger partial charge in [0.25, 0.3) is 0 Å². The van der Waals surface area contributed by atoms with Crippen LogP contribution in [0.1, 0.15) is 12.6 Å². The number of anilines is 1. The number of halogens is 1. The second-order valence-corrected chi connectivity index (χ2v) is 5.43. The Morgan fingerprint density at radius 2 is 1.86 bits per heavy atom. The Bertz CT molecular complexity index is 575. The average molecular weight is 399 g/mol. The number of benzene rings is 1. The van der Waals surface area contributed by atoms with Crippen molar-refractivity contribution in [2.24, 2.45) is 0 Å². The SMILES string of the molecule is CCNc1nc(-c2ccc(OC)cc2)nc(COC)c1I. The van der Waals surface area contributed by atoms with E-state index < -0.39 is 0 Å². The summed E-state index contributed by atoms with van der Waals surface area (Å²) in [6.07, 6.45) is 0. The molecule has 1 N–H and O–H groups in total. The molecule has 1 aromatic carbocycles. The van der Waals surface area contributed by atoms with Crippen LogP contribution in [0.15, 0.2) is 24.3 Å². The van der Waals surface area contributed by atoms with E-state index in [9.17, 15) is 0 Å². The molecule has 2 rings (SSSR count). The van der Waals surface area contributed by atoms with Gasteiger partial charge >= 0.3 is 0 Å². The molecule has 1 heterocycles. The van der Waals surface area contributed by atoms with Gasteiger partial charge in [0.2, 0.25) is 0 Å². The number of ether oxygens (including phenoxy) is 2. The van der Waals surface area contributed by atoms with Gasteiger partial charge in [0, 0.05) is 19.2 Å². The zero-order chi connectivity index (χ0) is 15.2. The highest BCUT2D eigenvalue weighted by atomic mass is 127. The Morgan fingerprint density at radius 3 is 2.43 bits per heavy atom. The van der Waals surface area contributed by atoms with Crippen LogP contribution in [-0.2, 0) is 11.3 Å². The Balaban J connectivity index is 2.45. The zero-order valence-electron chi connectivity index (χ0n) is 12.3. The predicted octanol–water partition coefficient (Wildman–Crippen LogP) is 3.34. The van der Waals surface area contributed by atoms with Gasteiger partial charge in [-0.25, -0.2) is 9.97 Å². The van der Waals surface area contributed by atoms with Gasteiger partial charge in [-0.2, -0.15) is 0 Å². The second kappa shape index (κ2) is 7.56. The molecular weight excluding hydrogens is 381 g/mol. The molecule has 0 saturated carbocycles. The van der Waals surface area contributed by atoms with E-state index in [1.807, 2.05) is 31.2 Å². The van der Waals surface area contributed by atoms with E-state index in [4.69, 9.17) is 9.47 Å². The molecule has 1 aromatic heterocycles. The van der Waals surface area contributed by atoms with E-state index >= 15 is 0 Å². The van der Waals surface area contributed by atoms with Gasteiger partial charge in [0.1, 0.15) is 11.6 Å². The smallest absolute Gasteiger partial charge is 0.161 e. The van der Waals surface area contributed by atoms with Gasteiger partial charge in [-0.3, -0.25) is 0 Å². The lowest BCUT2D eigenvalue weighted by molar-refractivity contribution is 0.181. The summed E-state index contributed by atoms with van der Waals surface area (Å²) in [5.74, 6) is 2.33. The number of aromatic nitrogens is 2. The molecule has 0 unspecified atom stereocenters. The van der Waals surface area contributed by atoms with Crippen molar-refractivity contribution in [3.05, 3.63) is 33.5 Å². The molecule has 0 fully saturated rings. The van der Waals surface area contributed by atoms with Crippen LogP contribution in [0.3, 0.4) is 0 Å². The van der Waals surface area contributed by atoms with Gasteiger partial charge < -0.3 is 14.8 Å². The van der Waals surface area contributed by atoms with Crippen molar-refractivity contribution in [1.82, 2.24) is 9.97 Å². The van der Waals surface area contributed by atoms with E-state index in [-0.39, 0.29) is 0 Å². The van der Waals surface area contributed by atoms with E-state index in [0.29, 0.717) is 12.4 Å². The largest absolute Gasteiger partial charge is 0.497 e. The first kappa shape index (κ1) is 16.0. The van der Waals surface area contributed by atoms with Crippen LogP contribution < -0.4 is 10.1 Å². The van der Waals surface area contributed by atoms with Crippen LogP contribution in [0, 0.1) is 3.57 Å². The third-order valence-corrected chi connectivity index (χ3v) is 4.03. The van der Waals surface area contributed by atoms with Crippen LogP contribution in [-0.4, -0.2) is 30.7 Å². The molecule has 0 amide bonds. The van der Waals surface area contributed by atoms with Gasteiger partial charge in [0.15, 0.2) is 5.82 Å². The summed E-state index contributed by atoms with van der Waals surface area (Å²) in [6.45, 7) is 3.31. The Labute approximate surface area is 138 Å². The number of hydrogen-bond acceptors (Lipinski definition) is 5. The topological polar surface area (TPSA) is 56.3 Å². The van der Waals surface area contributed by atoms with Crippen LogP contribution in [0.4, 0.5) is 5.82 Å². The van der Waals surface area contributed by atoms with E-state index in [0.717, 1.165) is 32.9 Å². The Kier molecular flexibility index (Phi) is 5.75. The quantitative estimate of drug-likeness (QED) is 0.756. The second-order valence-electron chi connectivity index (χ2n) is 4.35. The number of nitrogens with zero attached hydrogens (tertiary/aromatic N) is 2. The molecule has 0 atom stereocenters. The molecule has 0 saturated heterocycles. The zero-order valence-corrected chi connectivity index (χ0v) is 14.5. The molecule has 0 bridgehead atoms. The van der Waals surface area contributed by atoms with Crippen LogP contribution in [0.25, 0.3) is 11.4 Å². The maximum atomic E-state index is 5.23. The highest BCUT2D eigenvalue weighted by molar-refractivity contribution is 14.1. The summed E-state index contributed by atoms with van der Waals surface area (Å²) in [4.78, 5) is 9.21. The standard InChI is InChI=1S/C15H18IN3O2/c1-4-17-15-13(16)12(9-20-2)18-14(19-15)10-5-7-11(21-3)8-6-10/h5-8H,4,9H2,1-3H3,(H,17,18,19). The fourth-order valence-corrected chi connectivity index (χ4v) is 2.47. The normalized spacial score (nSPS) is 10.5. The van der Waals surface area contributed by atoms with Crippen LogP contribution in [0.5, 0.6) is 5.75 Å². The van der Waals surface area contributed by atoms with Gasteiger partial charge in [-0.05, 0) is 53.8 Å². The minimum atomic E-state index is 0.461. The maximum absolute atomic E-state index is 5.23. The number of hydrogen-bond donors (Lipinski definition) is 1. The van der Waals surface area contributed by atoms with Gasteiger partial charge in [-0.1, -0.05) is 0 Å². The highest BCUT2D eigenvalue weighted by Crippen LogP contribution is 2.25. The summed E-state index contributed by atoms with van der Waals surface area (Å²) in [6, 6.07) is 7.71. The lowest BCUT2D eigenvalue weighted by atomic mass is 10.2. The molecule has 0 aliphatic rings. The first-order valence-electron chi connectivity index (χ1n) is 6.63. The third kappa shape index (κ3) is 3.82. The summed E-state index contributed by atoms with van der Waals surface area (Å²) in [5, 5.41) is 3.27. The van der Waals surface area contributed by atoms with Crippen molar-refractivity contribution in [2.75, 3.05) is 26.1 Å². The van der Waals surface area contributed by atoms with Crippen molar-refractivity contribution in [1.29, 1.82) is 0 Å². The van der Waals surface area contributed by atoms with Crippen molar-refractivity contribution < 1.29 is 9.47 Å². The highest BCUT2D eigenvalue weighted by Gasteiger charge is 2.13. The lowest BCUT2D eigenvalue weighted by Crippen LogP contribution is -2.08. The monoisotopic (exact) mass is 399 g/mol. The van der Waals surface area contributed by atoms with Crippen molar-refractivity contribution in [3.63, 3.8) is 0 Å². The van der Waals surface area contributed by atoms with Gasteiger partial charge in [-0.15, -0.1) is 0 Å². The number of rotatable bonds is 6. The van der Waals surface area contributed by atoms with Crippen molar-refractivity contribution >= 4 is 28.4 Å². The predicted molar refractivity (Wildman–Crippen MR) is 91.6 cm³/mol. The molecule has 2 aromatic rings. The summed E-state index contributed by atoms with van der Waals surface area (Å²) in [7, 11) is 3.31. The summed E-state index contributed by atoms with van der Waals surface area (Å²) in [5.41, 5.74) is 1.83. The Morgan fingerprint density at radius 1 is 1.14 bits per heavy atom. The molecule has 0 aliphatic carbocycles. The molecule has 6 heteroatoms. The van der Waals surface area contributed by atoms with Gasteiger partial charge in [0.05, 0.1) is 23.0 Å². The average Bonchev–Trinajstić information content (AvgIpc) is 2.51. The van der Waals surface area contributed by atoms with E-state index in [1.54, 1.807) is 14.2 Å². The number of nitrogens with one attached hydrogen (secondary N) is 1. The molecule has 5 nitrogen and oxygen atoms in total. The van der Waals surface area contributed by atoms with E-state index in [1.165, 1.54) is 0 Å². The van der Waals surface area contributed by atoms with E-state index in [2.05, 4.69) is 37.9 Å². The van der Waals surface area contributed by atoms with Crippen molar-refractivity contribution in [3.8, 4) is 17.1 Å². The maximum Gasteiger partial charge on any atom is 0.161 e. The first-order chi connectivity index (χ1) is 10.2. The minimum absolute atomic E-state index is 0.461. The molecule has 21 heavy (non-hydrogen) atoms. The number of methoxy groups -OCH3 is 2. The summed E-state index contributed by atoms with van der Waals surface area (Å²) >= 11 is 2.25. The van der Waals surface area contributed by atoms with Crippen LogP contribution in [0.2, 0.25) is 0 Å². The molecule has 0 radical (unpaired) electrons. The molecule has 0 spiro atoms. The summed E-state index contributed by atoms with van der Waals surface area (Å²) < 4.78 is 11.4. The minimum Gasteiger partial charge on any atom is -0.497 e. The Hall–Kier alpha value is -1.41. The molecule has 0 aliphatic heterocycles. The molecular formula is C15H18IN3O2. The molecule has 112 valence electrons. The first-order valence-corrected chi connectivity index (χ1v) is 7.71. The lowest BCUT2D eigenvalue weighted by Gasteiger charge is -2.12. The van der Waals surface area contributed by atoms with Crippen molar-refractivity contribution in [2.45, 2.75) is 13.5 Å². The fraction of sp³-hybridized carbons (Fsp3) is 0.333. The fourth-order valence-electron chi connectivity index (χ4n) is 1.88.